The molecule has 0 spiro atoms. The van der Waals surface area contributed by atoms with Crippen molar-refractivity contribution in [2.45, 2.75) is 20.3 Å². The Bertz CT molecular complexity index is 369. The molecular weight excluding hydrogens is 158 g/mol. The minimum absolute atomic E-state index is 0.755. The molecule has 0 aliphatic heterocycles. The highest BCUT2D eigenvalue weighted by Gasteiger charge is 1.98. The number of nitriles is 1. The molecule has 1 aromatic carbocycles. The minimum Gasteiger partial charge on any atom is -0.192 e. The normalized spacial score (nSPS) is 9.31. The van der Waals surface area contributed by atoms with E-state index in [0.717, 1.165) is 23.1 Å². The van der Waals surface area contributed by atoms with Crippen LogP contribution < -0.4 is 0 Å². The first-order valence-corrected chi connectivity index (χ1v) is 4.27. The van der Waals surface area contributed by atoms with Crippen LogP contribution in [-0.2, 0) is 6.42 Å². The number of hydrogen-bond acceptors (Lipinski definition) is 1. The Balaban J connectivity index is 2.97. The van der Waals surface area contributed by atoms with E-state index < -0.39 is 0 Å². The first kappa shape index (κ1) is 9.54. The van der Waals surface area contributed by atoms with Crippen LogP contribution in [0.5, 0.6) is 0 Å². The van der Waals surface area contributed by atoms with Gasteiger partial charge in [0.1, 0.15) is 0 Å². The maximum Gasteiger partial charge on any atom is 0.0994 e. The van der Waals surface area contributed by atoms with Gasteiger partial charge in [0.15, 0.2) is 0 Å². The first-order chi connectivity index (χ1) is 6.13. The van der Waals surface area contributed by atoms with Gasteiger partial charge in [-0.05, 0) is 37.5 Å². The number of nitrogens with zero attached hydrogens (tertiary/aromatic N) is 1. The Kier molecular flexibility index (Phi) is 2.87. The summed E-state index contributed by atoms with van der Waals surface area (Å²) in [6.07, 6.45) is 0.895. The highest BCUT2D eigenvalue weighted by Crippen LogP contribution is 2.12. The second kappa shape index (κ2) is 3.91. The summed E-state index contributed by atoms with van der Waals surface area (Å²) in [5.74, 6) is 0. The maximum absolute atomic E-state index is 8.72. The number of allylic oxidation sites excluding steroid dienone is 1. The van der Waals surface area contributed by atoms with Gasteiger partial charge in [0.05, 0.1) is 11.6 Å². The smallest absolute Gasteiger partial charge is 0.0994 e. The fourth-order valence-electron chi connectivity index (χ4n) is 1.31. The van der Waals surface area contributed by atoms with Crippen LogP contribution in [0.3, 0.4) is 0 Å². The van der Waals surface area contributed by atoms with Gasteiger partial charge >= 0.3 is 0 Å². The van der Waals surface area contributed by atoms with Crippen molar-refractivity contribution in [2.24, 2.45) is 0 Å². The summed E-state index contributed by atoms with van der Waals surface area (Å²) in [5, 5.41) is 8.72. The SMILES string of the molecule is C=C(C)Cc1ccc(C#N)c(C)c1. The average molecular weight is 171 g/mol. The van der Waals surface area contributed by atoms with Crippen LogP contribution in [-0.4, -0.2) is 0 Å². The molecular formula is C12H13N. The predicted molar refractivity (Wildman–Crippen MR) is 54.4 cm³/mol. The number of hydrogen-bond donors (Lipinski definition) is 0. The van der Waals surface area contributed by atoms with Crippen LogP contribution in [0.1, 0.15) is 23.6 Å². The molecule has 0 heterocycles. The van der Waals surface area contributed by atoms with Gasteiger partial charge in [0.25, 0.3) is 0 Å². The zero-order valence-electron chi connectivity index (χ0n) is 8.09. The van der Waals surface area contributed by atoms with Gasteiger partial charge in [-0.25, -0.2) is 0 Å². The molecule has 0 radical (unpaired) electrons. The van der Waals surface area contributed by atoms with Crippen molar-refractivity contribution in [3.05, 3.63) is 47.0 Å². The third-order valence-corrected chi connectivity index (χ3v) is 1.92. The molecule has 1 aromatic rings. The van der Waals surface area contributed by atoms with Gasteiger partial charge in [0.2, 0.25) is 0 Å². The van der Waals surface area contributed by atoms with Gasteiger partial charge in [-0.1, -0.05) is 24.3 Å². The average Bonchev–Trinajstić information content (AvgIpc) is 2.03. The lowest BCUT2D eigenvalue weighted by Crippen LogP contribution is -1.89. The molecule has 0 bridgehead atoms. The lowest BCUT2D eigenvalue weighted by molar-refractivity contribution is 1.14. The van der Waals surface area contributed by atoms with Gasteiger partial charge in [-0.3, -0.25) is 0 Å². The van der Waals surface area contributed by atoms with Crippen LogP contribution in [0.25, 0.3) is 0 Å². The van der Waals surface area contributed by atoms with Gasteiger partial charge in [-0.2, -0.15) is 5.26 Å². The molecule has 0 fully saturated rings. The summed E-state index contributed by atoms with van der Waals surface area (Å²) < 4.78 is 0. The summed E-state index contributed by atoms with van der Waals surface area (Å²) in [7, 11) is 0. The Morgan fingerprint density at radius 3 is 2.69 bits per heavy atom. The van der Waals surface area contributed by atoms with Crippen LogP contribution in [0.2, 0.25) is 0 Å². The lowest BCUT2D eigenvalue weighted by Gasteiger charge is -2.02. The van der Waals surface area contributed by atoms with Crippen molar-refractivity contribution in [1.29, 1.82) is 5.26 Å². The lowest BCUT2D eigenvalue weighted by atomic mass is 10.0. The molecule has 0 unspecified atom stereocenters. The summed E-state index contributed by atoms with van der Waals surface area (Å²) in [4.78, 5) is 0. The molecule has 0 aliphatic rings. The van der Waals surface area contributed by atoms with Crippen LogP contribution in [0.4, 0.5) is 0 Å². The molecule has 0 saturated heterocycles. The Hall–Kier alpha value is -1.55. The van der Waals surface area contributed by atoms with Crippen molar-refractivity contribution >= 4 is 0 Å². The van der Waals surface area contributed by atoms with Gasteiger partial charge in [-0.15, -0.1) is 0 Å². The fourth-order valence-corrected chi connectivity index (χ4v) is 1.31. The molecule has 0 aliphatic carbocycles. The topological polar surface area (TPSA) is 23.8 Å². The molecule has 0 aromatic heterocycles. The highest BCUT2D eigenvalue weighted by molar-refractivity contribution is 5.40. The number of aryl methyl sites for hydroxylation is 1. The highest BCUT2D eigenvalue weighted by atomic mass is 14.2. The zero-order chi connectivity index (χ0) is 9.84. The maximum atomic E-state index is 8.72. The first-order valence-electron chi connectivity index (χ1n) is 4.27. The van der Waals surface area contributed by atoms with E-state index >= 15 is 0 Å². The van der Waals surface area contributed by atoms with E-state index in [1.807, 2.05) is 32.0 Å². The Morgan fingerprint density at radius 1 is 1.54 bits per heavy atom. The summed E-state index contributed by atoms with van der Waals surface area (Å²) >= 11 is 0. The standard InChI is InChI=1S/C12H13N/c1-9(2)6-11-4-5-12(8-13)10(3)7-11/h4-5,7H,1,6H2,2-3H3. The van der Waals surface area contributed by atoms with E-state index in [-0.39, 0.29) is 0 Å². The molecule has 66 valence electrons. The molecule has 0 atom stereocenters. The number of benzene rings is 1. The van der Waals surface area contributed by atoms with Crippen molar-refractivity contribution in [2.75, 3.05) is 0 Å². The zero-order valence-corrected chi connectivity index (χ0v) is 8.09. The second-order valence-electron chi connectivity index (χ2n) is 3.39. The van der Waals surface area contributed by atoms with Crippen LogP contribution in [0, 0.1) is 18.3 Å². The summed E-state index contributed by atoms with van der Waals surface area (Å²) in [6.45, 7) is 7.82. The largest absolute Gasteiger partial charge is 0.192 e. The van der Waals surface area contributed by atoms with Crippen molar-refractivity contribution < 1.29 is 0 Å². The molecule has 1 nitrogen and oxygen atoms in total. The van der Waals surface area contributed by atoms with Gasteiger partial charge < -0.3 is 0 Å². The molecule has 1 rings (SSSR count). The summed E-state index contributed by atoms with van der Waals surface area (Å²) in [5.41, 5.74) is 4.17. The third kappa shape index (κ3) is 2.45. The molecule has 0 N–H and O–H groups in total. The van der Waals surface area contributed by atoms with E-state index in [2.05, 4.69) is 12.6 Å². The van der Waals surface area contributed by atoms with Gasteiger partial charge in [0, 0.05) is 0 Å². The Morgan fingerprint density at radius 2 is 2.23 bits per heavy atom. The van der Waals surface area contributed by atoms with E-state index in [9.17, 15) is 0 Å². The van der Waals surface area contributed by atoms with E-state index in [0.29, 0.717) is 0 Å². The predicted octanol–water partition coefficient (Wildman–Crippen LogP) is 2.99. The fraction of sp³-hybridized carbons (Fsp3) is 0.250. The number of rotatable bonds is 2. The Labute approximate surface area is 79.3 Å². The quantitative estimate of drug-likeness (QED) is 0.627. The second-order valence-corrected chi connectivity index (χ2v) is 3.39. The van der Waals surface area contributed by atoms with Crippen molar-refractivity contribution in [1.82, 2.24) is 0 Å². The molecule has 0 saturated carbocycles. The van der Waals surface area contributed by atoms with Crippen molar-refractivity contribution in [3.8, 4) is 6.07 Å². The monoisotopic (exact) mass is 171 g/mol. The molecule has 13 heavy (non-hydrogen) atoms. The summed E-state index contributed by atoms with van der Waals surface area (Å²) in [6, 6.07) is 8.06. The minimum atomic E-state index is 0.755. The van der Waals surface area contributed by atoms with E-state index in [1.54, 1.807) is 0 Å². The molecule has 0 amide bonds. The van der Waals surface area contributed by atoms with Crippen molar-refractivity contribution in [3.63, 3.8) is 0 Å². The van der Waals surface area contributed by atoms with E-state index in [1.165, 1.54) is 5.56 Å². The van der Waals surface area contributed by atoms with E-state index in [4.69, 9.17) is 5.26 Å². The van der Waals surface area contributed by atoms with Crippen LogP contribution in [0.15, 0.2) is 30.4 Å². The van der Waals surface area contributed by atoms with Crippen LogP contribution >= 0.6 is 0 Å². The molecule has 1 heteroatoms. The third-order valence-electron chi connectivity index (χ3n) is 1.92.